The first-order chi connectivity index (χ1) is 9.23. The fraction of sp³-hybridized carbons (Fsp3) is 0.833. The lowest BCUT2D eigenvalue weighted by atomic mass is 9.96. The average molecular weight is 306 g/mol. The van der Waals surface area contributed by atoms with Crippen LogP contribution in [0.3, 0.4) is 0 Å². The highest BCUT2D eigenvalue weighted by Crippen LogP contribution is 2.10. The Hall–Kier alpha value is -1.31. The van der Waals surface area contributed by atoms with E-state index in [4.69, 9.17) is 5.11 Å². The smallest absolute Gasteiger partial charge is 0.317 e. The molecule has 1 unspecified atom stereocenters. The Morgan fingerprint density at radius 2 is 1.90 bits per heavy atom. The zero-order valence-corrected chi connectivity index (χ0v) is 12.6. The Balaban J connectivity index is 2.52. The van der Waals surface area contributed by atoms with Crippen LogP contribution in [-0.2, 0) is 14.6 Å². The van der Waals surface area contributed by atoms with Gasteiger partial charge in [-0.3, -0.25) is 4.79 Å². The van der Waals surface area contributed by atoms with Crippen LogP contribution in [0.5, 0.6) is 0 Å². The van der Waals surface area contributed by atoms with E-state index in [0.717, 1.165) is 0 Å². The van der Waals surface area contributed by atoms with E-state index in [-0.39, 0.29) is 30.5 Å². The summed E-state index contributed by atoms with van der Waals surface area (Å²) in [5.74, 6) is -1.61. The molecule has 1 fully saturated rings. The molecule has 2 amide bonds. The molecule has 0 aromatic heterocycles. The number of carboxylic acids is 1. The molecule has 2 N–H and O–H groups in total. The Morgan fingerprint density at radius 3 is 2.45 bits per heavy atom. The van der Waals surface area contributed by atoms with Gasteiger partial charge in [0.25, 0.3) is 0 Å². The number of carboxylic acid groups (broad SMARTS) is 1. The highest BCUT2D eigenvalue weighted by Gasteiger charge is 2.25. The van der Waals surface area contributed by atoms with E-state index in [9.17, 15) is 18.0 Å². The average Bonchev–Trinajstić information content (AvgIpc) is 2.49. The summed E-state index contributed by atoms with van der Waals surface area (Å²) in [6.45, 7) is 4.15. The van der Waals surface area contributed by atoms with Gasteiger partial charge in [-0.05, 0) is 12.3 Å². The van der Waals surface area contributed by atoms with Crippen molar-refractivity contribution in [2.45, 2.75) is 20.3 Å². The number of hydrogen-bond donors (Lipinski definition) is 2. The summed E-state index contributed by atoms with van der Waals surface area (Å²) < 4.78 is 22.9. The molecule has 1 heterocycles. The summed E-state index contributed by atoms with van der Waals surface area (Å²) in [6, 6.07) is -0.394. The van der Waals surface area contributed by atoms with Gasteiger partial charge in [-0.2, -0.15) is 0 Å². The maximum atomic E-state index is 11.9. The molecule has 0 aromatic rings. The van der Waals surface area contributed by atoms with E-state index in [0.29, 0.717) is 13.0 Å². The van der Waals surface area contributed by atoms with E-state index in [1.807, 2.05) is 0 Å². The molecule has 1 saturated heterocycles. The number of aliphatic carboxylic acids is 1. The van der Waals surface area contributed by atoms with Crippen LogP contribution in [0, 0.1) is 11.8 Å². The minimum atomic E-state index is -3.06. The predicted molar refractivity (Wildman–Crippen MR) is 74.2 cm³/mol. The second-order valence-electron chi connectivity index (χ2n) is 5.37. The second kappa shape index (κ2) is 6.92. The van der Waals surface area contributed by atoms with Crippen molar-refractivity contribution in [3.05, 3.63) is 0 Å². The van der Waals surface area contributed by atoms with Crippen molar-refractivity contribution >= 4 is 21.8 Å². The summed E-state index contributed by atoms with van der Waals surface area (Å²) in [4.78, 5) is 24.4. The second-order valence-corrected chi connectivity index (χ2v) is 7.67. The zero-order valence-electron chi connectivity index (χ0n) is 11.8. The van der Waals surface area contributed by atoms with Crippen molar-refractivity contribution in [2.75, 3.05) is 31.1 Å². The molecule has 0 saturated carbocycles. The molecule has 1 atom stereocenters. The van der Waals surface area contributed by atoms with Crippen LogP contribution < -0.4 is 5.32 Å². The van der Waals surface area contributed by atoms with Crippen molar-refractivity contribution in [3.8, 4) is 0 Å². The first kappa shape index (κ1) is 16.7. The third-order valence-corrected chi connectivity index (χ3v) is 5.15. The zero-order chi connectivity index (χ0) is 15.3. The molecule has 116 valence electrons. The summed E-state index contributed by atoms with van der Waals surface area (Å²) in [5.41, 5.74) is 0. The van der Waals surface area contributed by atoms with Gasteiger partial charge in [0.2, 0.25) is 0 Å². The number of hydrogen-bond acceptors (Lipinski definition) is 4. The highest BCUT2D eigenvalue weighted by molar-refractivity contribution is 7.91. The van der Waals surface area contributed by atoms with E-state index < -0.39 is 27.8 Å². The topological polar surface area (TPSA) is 104 Å². The number of sulfone groups is 1. The van der Waals surface area contributed by atoms with Crippen LogP contribution in [-0.4, -0.2) is 61.6 Å². The molecule has 20 heavy (non-hydrogen) atoms. The lowest BCUT2D eigenvalue weighted by Crippen LogP contribution is -2.44. The molecule has 1 aliphatic rings. The van der Waals surface area contributed by atoms with Crippen LogP contribution in [0.4, 0.5) is 4.79 Å². The summed E-state index contributed by atoms with van der Waals surface area (Å²) in [6.07, 6.45) is 0.419. The number of urea groups is 1. The fourth-order valence-electron chi connectivity index (χ4n) is 2.06. The molecule has 1 rings (SSSR count). The molecule has 0 aromatic carbocycles. The third-order valence-electron chi connectivity index (χ3n) is 3.44. The molecule has 0 bridgehead atoms. The van der Waals surface area contributed by atoms with Crippen LogP contribution >= 0.6 is 0 Å². The number of rotatable bonds is 4. The van der Waals surface area contributed by atoms with Crippen molar-refractivity contribution in [2.24, 2.45) is 11.8 Å². The first-order valence-corrected chi connectivity index (χ1v) is 8.51. The minimum absolute atomic E-state index is 0.0348. The molecule has 0 radical (unpaired) electrons. The SMILES string of the molecule is CC(C)C(CNC(=O)N1CCCS(=O)(=O)CC1)C(=O)O. The van der Waals surface area contributed by atoms with Gasteiger partial charge in [0, 0.05) is 19.6 Å². The van der Waals surface area contributed by atoms with E-state index in [1.54, 1.807) is 13.8 Å². The Morgan fingerprint density at radius 1 is 1.25 bits per heavy atom. The maximum Gasteiger partial charge on any atom is 0.317 e. The van der Waals surface area contributed by atoms with Gasteiger partial charge in [-0.25, -0.2) is 13.2 Å². The largest absolute Gasteiger partial charge is 0.481 e. The quantitative estimate of drug-likeness (QED) is 0.770. The van der Waals surface area contributed by atoms with Gasteiger partial charge in [0.15, 0.2) is 9.84 Å². The van der Waals surface area contributed by atoms with Crippen molar-refractivity contribution in [3.63, 3.8) is 0 Å². The molecule has 0 spiro atoms. The number of carbonyl (C=O) groups excluding carboxylic acids is 1. The molecule has 0 aliphatic carbocycles. The first-order valence-electron chi connectivity index (χ1n) is 6.69. The van der Waals surface area contributed by atoms with Crippen molar-refractivity contribution in [1.82, 2.24) is 10.2 Å². The standard InChI is InChI=1S/C12H22N2O5S/c1-9(2)10(11(15)16)8-13-12(17)14-4-3-6-20(18,19)7-5-14/h9-10H,3-8H2,1-2H3,(H,13,17)(H,15,16). The number of carbonyl (C=O) groups is 2. The van der Waals surface area contributed by atoms with Crippen molar-refractivity contribution < 1.29 is 23.1 Å². The molecule has 7 nitrogen and oxygen atoms in total. The van der Waals surface area contributed by atoms with Crippen LogP contribution in [0.1, 0.15) is 20.3 Å². The lowest BCUT2D eigenvalue weighted by molar-refractivity contribution is -0.142. The Labute approximate surface area is 119 Å². The number of nitrogens with zero attached hydrogens (tertiary/aromatic N) is 1. The minimum Gasteiger partial charge on any atom is -0.481 e. The number of nitrogens with one attached hydrogen (secondary N) is 1. The van der Waals surface area contributed by atoms with Gasteiger partial charge in [0.1, 0.15) is 0 Å². The highest BCUT2D eigenvalue weighted by atomic mass is 32.2. The lowest BCUT2D eigenvalue weighted by Gasteiger charge is -2.23. The van der Waals surface area contributed by atoms with Crippen molar-refractivity contribution in [1.29, 1.82) is 0 Å². The molecule has 1 aliphatic heterocycles. The van der Waals surface area contributed by atoms with Crippen LogP contribution in [0.15, 0.2) is 0 Å². The Kier molecular flexibility index (Phi) is 5.79. The predicted octanol–water partition coefficient (Wildman–Crippen LogP) is 0.173. The summed E-state index contributed by atoms with van der Waals surface area (Å²) in [7, 11) is -3.06. The molecular formula is C12H22N2O5S. The fourth-order valence-corrected chi connectivity index (χ4v) is 3.33. The third kappa shape index (κ3) is 4.99. The van der Waals surface area contributed by atoms with Gasteiger partial charge in [-0.1, -0.05) is 13.8 Å². The Bertz CT molecular complexity index is 460. The van der Waals surface area contributed by atoms with Gasteiger partial charge >= 0.3 is 12.0 Å². The summed E-state index contributed by atoms with van der Waals surface area (Å²) in [5, 5.41) is 11.6. The van der Waals surface area contributed by atoms with Gasteiger partial charge in [0.05, 0.1) is 17.4 Å². The van der Waals surface area contributed by atoms with E-state index in [1.165, 1.54) is 4.90 Å². The van der Waals surface area contributed by atoms with Gasteiger partial charge in [-0.15, -0.1) is 0 Å². The summed E-state index contributed by atoms with van der Waals surface area (Å²) >= 11 is 0. The van der Waals surface area contributed by atoms with E-state index >= 15 is 0 Å². The number of amides is 2. The normalized spacial score (nSPS) is 20.2. The maximum absolute atomic E-state index is 11.9. The molecular weight excluding hydrogens is 284 g/mol. The van der Waals surface area contributed by atoms with E-state index in [2.05, 4.69) is 5.32 Å². The molecule has 8 heteroatoms. The van der Waals surface area contributed by atoms with Crippen LogP contribution in [0.25, 0.3) is 0 Å². The van der Waals surface area contributed by atoms with Gasteiger partial charge < -0.3 is 15.3 Å². The van der Waals surface area contributed by atoms with Crippen LogP contribution in [0.2, 0.25) is 0 Å². The monoisotopic (exact) mass is 306 g/mol.